The molecule has 5 aromatic rings. The second-order valence-corrected chi connectivity index (χ2v) is 8.90. The molecule has 0 saturated carbocycles. The van der Waals surface area contributed by atoms with Crippen LogP contribution in [0.2, 0.25) is 0 Å². The molecule has 0 fully saturated rings. The van der Waals surface area contributed by atoms with Crippen LogP contribution in [0, 0.1) is 6.92 Å². The van der Waals surface area contributed by atoms with Crippen molar-refractivity contribution in [3.8, 4) is 0 Å². The summed E-state index contributed by atoms with van der Waals surface area (Å²) in [6, 6.07) is 21.8. The van der Waals surface area contributed by atoms with Crippen LogP contribution in [0.1, 0.15) is 36.2 Å². The molecular formula is C29H29NS. The first-order valence-electron chi connectivity index (χ1n) is 10.8. The number of thiophene rings is 1. The molecule has 31 heavy (non-hydrogen) atoms. The van der Waals surface area contributed by atoms with Gasteiger partial charge in [-0.05, 0) is 61.7 Å². The SMILES string of the molecule is C=Cc1c(/C=C\C)c2cc(CC)ccc2n1C.Cc1cccc2sc3ccccc3c12. The standard InChI is InChI=1S/C16H19N.C13H10S/c1-5-8-13-14-11-12(6-2)9-10-16(14)17(4)15(13)7-3;1-9-5-4-8-12-13(9)10-6-2-3-7-11(10)14-12/h5,7-11H,3,6H2,1-2,4H3;2-8H,1H3/b8-5-;. The molecule has 0 unspecified atom stereocenters. The molecule has 2 aromatic heterocycles. The summed E-state index contributed by atoms with van der Waals surface area (Å²) in [5.41, 5.74) is 6.48. The maximum Gasteiger partial charge on any atom is 0.0488 e. The summed E-state index contributed by atoms with van der Waals surface area (Å²) < 4.78 is 4.99. The van der Waals surface area contributed by atoms with E-state index in [1.54, 1.807) is 0 Å². The van der Waals surface area contributed by atoms with Gasteiger partial charge in [-0.1, -0.05) is 62.1 Å². The van der Waals surface area contributed by atoms with Crippen LogP contribution in [-0.2, 0) is 13.5 Å². The Morgan fingerprint density at radius 3 is 2.48 bits per heavy atom. The summed E-state index contributed by atoms with van der Waals surface area (Å²) in [4.78, 5) is 0. The predicted octanol–water partition coefficient (Wildman–Crippen LogP) is 8.78. The Kier molecular flexibility index (Phi) is 6.11. The van der Waals surface area contributed by atoms with Gasteiger partial charge in [0.2, 0.25) is 0 Å². The fraction of sp³-hybridized carbons (Fsp3) is 0.172. The highest BCUT2D eigenvalue weighted by Crippen LogP contribution is 2.35. The van der Waals surface area contributed by atoms with Crippen molar-refractivity contribution in [1.82, 2.24) is 4.57 Å². The van der Waals surface area contributed by atoms with Gasteiger partial charge in [-0.3, -0.25) is 0 Å². The second kappa shape index (κ2) is 8.95. The van der Waals surface area contributed by atoms with Crippen molar-refractivity contribution in [1.29, 1.82) is 0 Å². The Morgan fingerprint density at radius 1 is 0.968 bits per heavy atom. The number of allylic oxidation sites excluding steroid dienone is 1. The van der Waals surface area contributed by atoms with Gasteiger partial charge in [-0.2, -0.15) is 0 Å². The zero-order valence-corrected chi connectivity index (χ0v) is 19.6. The number of hydrogen-bond donors (Lipinski definition) is 0. The summed E-state index contributed by atoms with van der Waals surface area (Å²) in [6.07, 6.45) is 7.25. The lowest BCUT2D eigenvalue weighted by Gasteiger charge is -2.00. The summed E-state index contributed by atoms with van der Waals surface area (Å²) in [7, 11) is 2.10. The topological polar surface area (TPSA) is 4.93 Å². The van der Waals surface area contributed by atoms with Gasteiger partial charge >= 0.3 is 0 Å². The molecular weight excluding hydrogens is 394 g/mol. The molecule has 0 N–H and O–H groups in total. The lowest BCUT2D eigenvalue weighted by Crippen LogP contribution is -1.90. The Balaban J connectivity index is 0.000000151. The molecule has 156 valence electrons. The van der Waals surface area contributed by atoms with E-state index in [9.17, 15) is 0 Å². The molecule has 5 rings (SSSR count). The normalized spacial score (nSPS) is 11.4. The minimum Gasteiger partial charge on any atom is -0.344 e. The van der Waals surface area contributed by atoms with E-state index in [0.717, 1.165) is 6.42 Å². The first-order valence-corrected chi connectivity index (χ1v) is 11.6. The largest absolute Gasteiger partial charge is 0.344 e. The van der Waals surface area contributed by atoms with Crippen molar-refractivity contribution in [2.24, 2.45) is 7.05 Å². The first-order chi connectivity index (χ1) is 15.1. The number of hydrogen-bond acceptors (Lipinski definition) is 1. The summed E-state index contributed by atoms with van der Waals surface area (Å²) in [5, 5.41) is 4.14. The van der Waals surface area contributed by atoms with Gasteiger partial charge in [0.1, 0.15) is 0 Å². The van der Waals surface area contributed by atoms with Gasteiger partial charge in [-0.25, -0.2) is 0 Å². The van der Waals surface area contributed by atoms with Crippen LogP contribution in [0.3, 0.4) is 0 Å². The van der Waals surface area contributed by atoms with Crippen LogP contribution in [0.5, 0.6) is 0 Å². The number of fused-ring (bicyclic) bond motifs is 4. The zero-order valence-electron chi connectivity index (χ0n) is 18.8. The Bertz CT molecular complexity index is 1410. The molecule has 0 amide bonds. The molecule has 0 bridgehead atoms. The monoisotopic (exact) mass is 423 g/mol. The lowest BCUT2D eigenvalue weighted by atomic mass is 10.1. The molecule has 3 aromatic carbocycles. The smallest absolute Gasteiger partial charge is 0.0488 e. The molecule has 0 aliphatic heterocycles. The average molecular weight is 424 g/mol. The van der Waals surface area contributed by atoms with Crippen molar-refractivity contribution in [2.75, 3.05) is 0 Å². The summed E-state index contributed by atoms with van der Waals surface area (Å²) >= 11 is 1.88. The number of rotatable bonds is 3. The van der Waals surface area contributed by atoms with Crippen LogP contribution >= 0.6 is 11.3 Å². The molecule has 2 heteroatoms. The van der Waals surface area contributed by atoms with Gasteiger partial charge in [0.05, 0.1) is 0 Å². The molecule has 0 spiro atoms. The second-order valence-electron chi connectivity index (χ2n) is 7.81. The molecule has 0 atom stereocenters. The van der Waals surface area contributed by atoms with E-state index < -0.39 is 0 Å². The number of aromatic nitrogens is 1. The zero-order chi connectivity index (χ0) is 22.0. The van der Waals surface area contributed by atoms with Crippen LogP contribution in [0.4, 0.5) is 0 Å². The summed E-state index contributed by atoms with van der Waals surface area (Å²) in [5.74, 6) is 0. The van der Waals surface area contributed by atoms with E-state index in [0.29, 0.717) is 0 Å². The quantitative estimate of drug-likeness (QED) is 0.273. The van der Waals surface area contributed by atoms with Crippen LogP contribution < -0.4 is 0 Å². The van der Waals surface area contributed by atoms with Crippen LogP contribution in [0.15, 0.2) is 73.3 Å². The number of benzene rings is 3. The number of aryl methyl sites for hydroxylation is 3. The number of nitrogens with zero attached hydrogens (tertiary/aromatic N) is 1. The van der Waals surface area contributed by atoms with Gasteiger partial charge in [-0.15, -0.1) is 11.3 Å². The predicted molar refractivity (Wildman–Crippen MR) is 141 cm³/mol. The lowest BCUT2D eigenvalue weighted by molar-refractivity contribution is 0.953. The maximum atomic E-state index is 3.92. The van der Waals surface area contributed by atoms with E-state index in [2.05, 4.69) is 112 Å². The van der Waals surface area contributed by atoms with Crippen molar-refractivity contribution in [3.63, 3.8) is 0 Å². The van der Waals surface area contributed by atoms with E-state index in [1.165, 1.54) is 53.5 Å². The highest BCUT2D eigenvalue weighted by atomic mass is 32.1. The van der Waals surface area contributed by atoms with Crippen LogP contribution in [-0.4, -0.2) is 4.57 Å². The minimum atomic E-state index is 1.07. The molecule has 0 aliphatic rings. The molecule has 1 nitrogen and oxygen atoms in total. The minimum absolute atomic E-state index is 1.07. The summed E-state index contributed by atoms with van der Waals surface area (Å²) in [6.45, 7) is 10.3. The third kappa shape index (κ3) is 3.84. The van der Waals surface area contributed by atoms with Gasteiger partial charge in [0.25, 0.3) is 0 Å². The highest BCUT2D eigenvalue weighted by molar-refractivity contribution is 7.25. The van der Waals surface area contributed by atoms with Gasteiger partial charge in [0, 0.05) is 49.4 Å². The van der Waals surface area contributed by atoms with Gasteiger partial charge in [0.15, 0.2) is 0 Å². The fourth-order valence-electron chi connectivity index (χ4n) is 4.30. The van der Waals surface area contributed by atoms with Crippen molar-refractivity contribution < 1.29 is 0 Å². The fourth-order valence-corrected chi connectivity index (χ4v) is 5.48. The van der Waals surface area contributed by atoms with E-state index >= 15 is 0 Å². The highest BCUT2D eigenvalue weighted by Gasteiger charge is 2.10. The third-order valence-corrected chi connectivity index (χ3v) is 7.03. The first kappa shape index (κ1) is 21.1. The molecule has 0 saturated heterocycles. The Hall–Kier alpha value is -3.10. The van der Waals surface area contributed by atoms with Crippen molar-refractivity contribution >= 4 is 54.6 Å². The van der Waals surface area contributed by atoms with Crippen LogP contribution in [0.25, 0.3) is 43.2 Å². The Labute approximate surface area is 189 Å². The maximum absolute atomic E-state index is 3.92. The van der Waals surface area contributed by atoms with E-state index in [4.69, 9.17) is 0 Å². The third-order valence-electron chi connectivity index (χ3n) is 5.90. The van der Waals surface area contributed by atoms with Crippen molar-refractivity contribution in [3.05, 3.63) is 95.7 Å². The van der Waals surface area contributed by atoms with Gasteiger partial charge < -0.3 is 4.57 Å². The van der Waals surface area contributed by atoms with Crippen molar-refractivity contribution in [2.45, 2.75) is 27.2 Å². The average Bonchev–Trinajstić information content (AvgIpc) is 3.30. The molecule has 0 radical (unpaired) electrons. The molecule has 0 aliphatic carbocycles. The van der Waals surface area contributed by atoms with E-state index in [-0.39, 0.29) is 0 Å². The molecule has 2 heterocycles. The van der Waals surface area contributed by atoms with E-state index in [1.807, 2.05) is 17.4 Å². The Morgan fingerprint density at radius 2 is 1.74 bits per heavy atom.